The van der Waals surface area contributed by atoms with Crippen LogP contribution >= 0.6 is 11.8 Å². The van der Waals surface area contributed by atoms with Crippen LogP contribution in [-0.2, 0) is 4.79 Å². The molecule has 0 aliphatic heterocycles. The highest BCUT2D eigenvalue weighted by molar-refractivity contribution is 7.99. The van der Waals surface area contributed by atoms with Crippen LogP contribution in [-0.4, -0.2) is 21.7 Å². The first-order valence-electron chi connectivity index (χ1n) is 5.42. The van der Waals surface area contributed by atoms with Gasteiger partial charge in [-0.05, 0) is 27.2 Å². The molecule has 2 unspecified atom stereocenters. The lowest BCUT2D eigenvalue weighted by molar-refractivity contribution is -0.122. The first kappa shape index (κ1) is 14.1. The third-order valence-corrected chi connectivity index (χ3v) is 3.53. The lowest BCUT2D eigenvalue weighted by atomic mass is 9.97. The number of hydrogen-bond donors (Lipinski definition) is 2. The molecule has 1 heterocycles. The molecule has 0 radical (unpaired) electrons. The minimum absolute atomic E-state index is 0.106. The predicted octanol–water partition coefficient (Wildman–Crippen LogP) is 1.36. The third-order valence-electron chi connectivity index (χ3n) is 2.59. The molecule has 1 aromatic rings. The molecule has 0 aromatic carbocycles. The van der Waals surface area contributed by atoms with Crippen LogP contribution in [0.15, 0.2) is 9.64 Å². The van der Waals surface area contributed by atoms with Gasteiger partial charge in [-0.25, -0.2) is 4.98 Å². The molecule has 1 rings (SSSR count). The fraction of sp³-hybridized carbons (Fsp3) is 0.636. The van der Waals surface area contributed by atoms with Crippen molar-refractivity contribution in [2.75, 3.05) is 0 Å². The normalized spacial score (nSPS) is 16.5. The van der Waals surface area contributed by atoms with E-state index in [1.807, 2.05) is 20.8 Å². The summed E-state index contributed by atoms with van der Waals surface area (Å²) in [5.74, 6) is 0.315. The van der Waals surface area contributed by atoms with Gasteiger partial charge in [0, 0.05) is 5.25 Å². The molecule has 0 saturated carbocycles. The number of nitrogens with two attached hydrogens (primary N) is 2. The summed E-state index contributed by atoms with van der Waals surface area (Å²) in [5.41, 5.74) is 10.9. The zero-order valence-electron chi connectivity index (χ0n) is 10.6. The Morgan fingerprint density at radius 1 is 1.59 bits per heavy atom. The summed E-state index contributed by atoms with van der Waals surface area (Å²) in [5, 5.41) is 0.711. The van der Waals surface area contributed by atoms with Crippen molar-refractivity contribution in [1.82, 2.24) is 4.98 Å². The second kappa shape index (κ2) is 5.10. The molecule has 96 valence electrons. The molecule has 17 heavy (non-hydrogen) atoms. The Bertz CT molecular complexity index is 395. The Morgan fingerprint density at radius 2 is 2.18 bits per heavy atom. The number of amides is 1. The zero-order valence-corrected chi connectivity index (χ0v) is 11.4. The molecular formula is C11H19N3O2S. The van der Waals surface area contributed by atoms with Gasteiger partial charge in [-0.3, -0.25) is 4.79 Å². The lowest BCUT2D eigenvalue weighted by Gasteiger charge is -2.23. The molecule has 4 N–H and O–H groups in total. The number of carbonyl (C=O) groups is 1. The van der Waals surface area contributed by atoms with Crippen molar-refractivity contribution in [2.45, 2.75) is 50.1 Å². The number of primary amides is 1. The summed E-state index contributed by atoms with van der Waals surface area (Å²) < 4.78 is 5.45. The second-order valence-electron chi connectivity index (χ2n) is 4.54. The maximum atomic E-state index is 11.1. The van der Waals surface area contributed by atoms with Crippen molar-refractivity contribution in [3.05, 3.63) is 11.5 Å². The fourth-order valence-corrected chi connectivity index (χ4v) is 2.54. The van der Waals surface area contributed by atoms with Crippen molar-refractivity contribution >= 4 is 17.7 Å². The van der Waals surface area contributed by atoms with Gasteiger partial charge in [0.05, 0.1) is 11.2 Å². The van der Waals surface area contributed by atoms with Gasteiger partial charge in [-0.2, -0.15) is 0 Å². The average molecular weight is 257 g/mol. The Morgan fingerprint density at radius 3 is 2.59 bits per heavy atom. The van der Waals surface area contributed by atoms with Crippen molar-refractivity contribution in [1.29, 1.82) is 0 Å². The van der Waals surface area contributed by atoms with E-state index in [9.17, 15) is 4.79 Å². The van der Waals surface area contributed by atoms with Gasteiger partial charge in [-0.1, -0.05) is 18.7 Å². The fourth-order valence-electron chi connectivity index (χ4n) is 1.41. The summed E-state index contributed by atoms with van der Waals surface area (Å²) in [6.45, 7) is 7.36. The first-order valence-corrected chi connectivity index (χ1v) is 6.30. The van der Waals surface area contributed by atoms with Gasteiger partial charge >= 0.3 is 0 Å². The Balaban J connectivity index is 2.61. The molecule has 0 aliphatic carbocycles. The van der Waals surface area contributed by atoms with Gasteiger partial charge in [-0.15, -0.1) is 0 Å². The smallest absolute Gasteiger partial charge is 0.256 e. The van der Waals surface area contributed by atoms with E-state index in [1.165, 1.54) is 11.8 Å². The highest BCUT2D eigenvalue weighted by atomic mass is 32.2. The molecule has 0 bridgehead atoms. The highest BCUT2D eigenvalue weighted by Crippen LogP contribution is 2.28. The van der Waals surface area contributed by atoms with Gasteiger partial charge in [0.15, 0.2) is 0 Å². The van der Waals surface area contributed by atoms with Gasteiger partial charge in [0.25, 0.3) is 5.22 Å². The molecule has 5 nitrogen and oxygen atoms in total. The minimum atomic E-state index is -0.997. The molecule has 0 aliphatic rings. The summed E-state index contributed by atoms with van der Waals surface area (Å²) in [7, 11) is 0. The quantitative estimate of drug-likeness (QED) is 0.777. The molecule has 6 heteroatoms. The second-order valence-corrected chi connectivity index (χ2v) is 5.93. The molecule has 1 amide bonds. The van der Waals surface area contributed by atoms with Crippen LogP contribution in [0.3, 0.4) is 0 Å². The number of oxazole rings is 1. The topological polar surface area (TPSA) is 95.1 Å². The van der Waals surface area contributed by atoms with Crippen LogP contribution in [0.4, 0.5) is 0 Å². The summed E-state index contributed by atoms with van der Waals surface area (Å²) >= 11 is 1.46. The average Bonchev–Trinajstić information content (AvgIpc) is 2.43. The van der Waals surface area contributed by atoms with E-state index < -0.39 is 11.4 Å². The lowest BCUT2D eigenvalue weighted by Crippen LogP contribution is -2.50. The molecule has 0 fully saturated rings. The summed E-state index contributed by atoms with van der Waals surface area (Å²) in [6.07, 6.45) is 0.480. The first-order chi connectivity index (χ1) is 7.72. The van der Waals surface area contributed by atoms with E-state index in [1.54, 1.807) is 6.92 Å². The van der Waals surface area contributed by atoms with Crippen molar-refractivity contribution in [3.63, 3.8) is 0 Å². The van der Waals surface area contributed by atoms with E-state index in [0.717, 1.165) is 11.5 Å². The maximum absolute atomic E-state index is 11.1. The molecule has 2 atom stereocenters. The van der Waals surface area contributed by atoms with Crippen LogP contribution in [0.2, 0.25) is 0 Å². The standard InChI is InChI=1S/C11H19N3O2S/c1-6(5-11(4,13)9(12)15)17-10-14-7(2)8(3)16-10/h6H,5,13H2,1-4H3,(H2,12,15). The number of rotatable bonds is 5. The van der Waals surface area contributed by atoms with E-state index in [2.05, 4.69) is 4.98 Å². The van der Waals surface area contributed by atoms with Crippen LogP contribution in [0.1, 0.15) is 31.7 Å². The number of aryl methyl sites for hydroxylation is 2. The largest absolute Gasteiger partial charge is 0.437 e. The number of nitrogens with zero attached hydrogens (tertiary/aromatic N) is 1. The Kier molecular flexibility index (Phi) is 4.21. The van der Waals surface area contributed by atoms with Crippen molar-refractivity contribution in [3.8, 4) is 0 Å². The monoisotopic (exact) mass is 257 g/mol. The maximum Gasteiger partial charge on any atom is 0.256 e. The Labute approximate surface area is 105 Å². The number of hydrogen-bond acceptors (Lipinski definition) is 5. The van der Waals surface area contributed by atoms with Crippen molar-refractivity contribution < 1.29 is 9.21 Å². The predicted molar refractivity (Wildman–Crippen MR) is 67.7 cm³/mol. The van der Waals surface area contributed by atoms with Gasteiger partial charge in [0.1, 0.15) is 5.76 Å². The molecular weight excluding hydrogens is 238 g/mol. The zero-order chi connectivity index (χ0) is 13.2. The van der Waals surface area contributed by atoms with Crippen LogP contribution < -0.4 is 11.5 Å². The summed E-state index contributed by atoms with van der Waals surface area (Å²) in [4.78, 5) is 15.4. The number of thioether (sulfide) groups is 1. The molecule has 1 aromatic heterocycles. The summed E-state index contributed by atoms with van der Waals surface area (Å²) in [6, 6.07) is 0. The van der Waals surface area contributed by atoms with E-state index in [0.29, 0.717) is 11.6 Å². The highest BCUT2D eigenvalue weighted by Gasteiger charge is 2.28. The SMILES string of the molecule is Cc1nc(SC(C)CC(C)(N)C(N)=O)oc1C. The van der Waals surface area contributed by atoms with E-state index >= 15 is 0 Å². The minimum Gasteiger partial charge on any atom is -0.437 e. The van der Waals surface area contributed by atoms with Crippen molar-refractivity contribution in [2.24, 2.45) is 11.5 Å². The van der Waals surface area contributed by atoms with Gasteiger partial charge < -0.3 is 15.9 Å². The van der Waals surface area contributed by atoms with Crippen LogP contribution in [0.5, 0.6) is 0 Å². The van der Waals surface area contributed by atoms with Crippen LogP contribution in [0.25, 0.3) is 0 Å². The van der Waals surface area contributed by atoms with E-state index in [-0.39, 0.29) is 5.25 Å². The van der Waals surface area contributed by atoms with Crippen LogP contribution in [0, 0.1) is 13.8 Å². The van der Waals surface area contributed by atoms with E-state index in [4.69, 9.17) is 15.9 Å². The molecule has 0 spiro atoms. The van der Waals surface area contributed by atoms with Gasteiger partial charge in [0.2, 0.25) is 5.91 Å². The number of aromatic nitrogens is 1. The molecule has 0 saturated heterocycles. The number of carbonyl (C=O) groups excluding carboxylic acids is 1. The third kappa shape index (κ3) is 3.74. The Hall–Kier alpha value is -1.01.